The molecule has 1 N–H and O–H groups in total. The molecule has 8 nitrogen and oxygen atoms in total. The molecule has 1 saturated heterocycles. The summed E-state index contributed by atoms with van der Waals surface area (Å²) in [5, 5.41) is 14.1. The van der Waals surface area contributed by atoms with E-state index in [-0.39, 0.29) is 11.6 Å². The van der Waals surface area contributed by atoms with Crippen molar-refractivity contribution in [2.75, 3.05) is 23.9 Å². The van der Waals surface area contributed by atoms with E-state index in [1.165, 1.54) is 30.8 Å². The maximum atomic E-state index is 12.6. The molecule has 0 saturated carbocycles. The van der Waals surface area contributed by atoms with Gasteiger partial charge in [-0.2, -0.15) is 5.26 Å². The molecule has 1 aliphatic rings. The van der Waals surface area contributed by atoms with Crippen LogP contribution in [-0.4, -0.2) is 41.5 Å². The van der Waals surface area contributed by atoms with Crippen molar-refractivity contribution in [2.45, 2.75) is 12.5 Å². The van der Waals surface area contributed by atoms with Crippen LogP contribution in [0, 0.1) is 11.3 Å². The van der Waals surface area contributed by atoms with Crippen LogP contribution in [0.5, 0.6) is 0 Å². The summed E-state index contributed by atoms with van der Waals surface area (Å²) >= 11 is 1.32. The monoisotopic (exact) mass is 343 g/mol. The Hall–Kier alpha value is -2.99. The van der Waals surface area contributed by atoms with E-state index in [0.29, 0.717) is 29.3 Å². The number of hydrogen-bond donors (Lipinski definition) is 1. The molecule has 3 rings (SSSR count). The van der Waals surface area contributed by atoms with Gasteiger partial charge in [0.2, 0.25) is 5.91 Å². The van der Waals surface area contributed by atoms with Crippen LogP contribution in [0.3, 0.4) is 0 Å². The lowest BCUT2D eigenvalue weighted by Crippen LogP contribution is -2.34. The lowest BCUT2D eigenvalue weighted by Gasteiger charge is -2.17. The van der Waals surface area contributed by atoms with Crippen LogP contribution in [0.15, 0.2) is 23.8 Å². The van der Waals surface area contributed by atoms with Gasteiger partial charge in [-0.15, -0.1) is 11.3 Å². The number of carbonyl (C=O) groups is 2. The molecule has 24 heavy (non-hydrogen) atoms. The molecular formula is C15H13N5O3S. The highest BCUT2D eigenvalue weighted by atomic mass is 32.1. The third-order valence-electron chi connectivity index (χ3n) is 3.59. The Bertz CT molecular complexity index is 811. The number of nitrogens with one attached hydrogen (secondary N) is 1. The highest BCUT2D eigenvalue weighted by molar-refractivity contribution is 7.14. The summed E-state index contributed by atoms with van der Waals surface area (Å²) in [5.41, 5.74) is 0.593. The van der Waals surface area contributed by atoms with E-state index in [1.54, 1.807) is 16.3 Å². The number of rotatable bonds is 4. The van der Waals surface area contributed by atoms with Crippen LogP contribution < -0.4 is 10.2 Å². The second-order valence-electron chi connectivity index (χ2n) is 5.01. The summed E-state index contributed by atoms with van der Waals surface area (Å²) in [7, 11) is 1.31. The van der Waals surface area contributed by atoms with E-state index in [1.807, 2.05) is 6.07 Å². The summed E-state index contributed by atoms with van der Waals surface area (Å²) in [5.74, 6) is -0.184. The molecule has 1 amide bonds. The molecule has 2 aromatic rings. The lowest BCUT2D eigenvalue weighted by molar-refractivity contribution is -0.117. The Labute approximate surface area is 141 Å². The number of esters is 1. The molecule has 1 fully saturated rings. The van der Waals surface area contributed by atoms with Gasteiger partial charge in [0.25, 0.3) is 0 Å². The molecule has 9 heteroatoms. The van der Waals surface area contributed by atoms with Crippen LogP contribution in [0.1, 0.15) is 22.5 Å². The van der Waals surface area contributed by atoms with Crippen LogP contribution in [-0.2, 0) is 9.53 Å². The molecule has 2 aromatic heterocycles. The molecule has 3 heterocycles. The van der Waals surface area contributed by atoms with Gasteiger partial charge in [0, 0.05) is 6.54 Å². The topological polar surface area (TPSA) is 108 Å². The number of nitriles is 1. The van der Waals surface area contributed by atoms with Crippen LogP contribution >= 0.6 is 11.3 Å². The predicted molar refractivity (Wildman–Crippen MR) is 86.8 cm³/mol. The maximum Gasteiger partial charge on any atom is 0.340 e. The molecule has 122 valence electrons. The van der Waals surface area contributed by atoms with Gasteiger partial charge >= 0.3 is 5.97 Å². The fourth-order valence-electron chi connectivity index (χ4n) is 2.43. The first kappa shape index (κ1) is 15.9. The van der Waals surface area contributed by atoms with Crippen molar-refractivity contribution in [1.82, 2.24) is 9.97 Å². The Morgan fingerprint density at radius 1 is 1.50 bits per heavy atom. The Balaban J connectivity index is 1.74. The summed E-state index contributed by atoms with van der Waals surface area (Å²) < 4.78 is 4.74. The van der Waals surface area contributed by atoms with E-state index < -0.39 is 12.0 Å². The highest BCUT2D eigenvalue weighted by Crippen LogP contribution is 2.32. The molecule has 0 aliphatic carbocycles. The van der Waals surface area contributed by atoms with Crippen LogP contribution in [0.4, 0.5) is 10.8 Å². The minimum absolute atomic E-state index is 0.145. The molecule has 0 radical (unpaired) electrons. The minimum atomic E-state index is -0.464. The summed E-state index contributed by atoms with van der Waals surface area (Å²) in [6, 6.07) is 3.07. The average Bonchev–Trinajstić information content (AvgIpc) is 3.22. The van der Waals surface area contributed by atoms with Crippen molar-refractivity contribution in [2.24, 2.45) is 0 Å². The van der Waals surface area contributed by atoms with Gasteiger partial charge in [-0.05, 0) is 17.9 Å². The van der Waals surface area contributed by atoms with Gasteiger partial charge in [0.05, 0.1) is 25.1 Å². The van der Waals surface area contributed by atoms with Crippen molar-refractivity contribution in [3.63, 3.8) is 0 Å². The van der Waals surface area contributed by atoms with Gasteiger partial charge in [0.15, 0.2) is 5.69 Å². The fraction of sp³-hybridized carbons (Fsp3) is 0.267. The fourth-order valence-corrected chi connectivity index (χ4v) is 3.35. The number of aromatic nitrogens is 2. The molecule has 1 aliphatic heterocycles. The van der Waals surface area contributed by atoms with Crippen LogP contribution in [0.2, 0.25) is 0 Å². The smallest absolute Gasteiger partial charge is 0.340 e. The maximum absolute atomic E-state index is 12.6. The number of nitrogens with zero attached hydrogens (tertiary/aromatic N) is 4. The number of hydrogen-bond acceptors (Lipinski definition) is 8. The van der Waals surface area contributed by atoms with Crippen molar-refractivity contribution >= 4 is 34.0 Å². The third-order valence-corrected chi connectivity index (χ3v) is 4.52. The zero-order valence-electron chi connectivity index (χ0n) is 12.7. The van der Waals surface area contributed by atoms with Crippen molar-refractivity contribution < 1.29 is 14.3 Å². The first-order valence-electron chi connectivity index (χ1n) is 7.10. The molecule has 0 spiro atoms. The SMILES string of the molecule is COC(=O)c1ccsc1N1CC[C@@H](Nc2cnc(C#N)cn2)C1=O. The second-order valence-corrected chi connectivity index (χ2v) is 5.90. The number of amides is 1. The summed E-state index contributed by atoms with van der Waals surface area (Å²) in [4.78, 5) is 33.9. The van der Waals surface area contributed by atoms with Crippen molar-refractivity contribution in [1.29, 1.82) is 5.26 Å². The molecular weight excluding hydrogens is 330 g/mol. The summed E-state index contributed by atoms with van der Waals surface area (Å²) in [6.07, 6.45) is 3.33. The molecule has 0 bridgehead atoms. The van der Waals surface area contributed by atoms with E-state index in [0.717, 1.165) is 0 Å². The Morgan fingerprint density at radius 3 is 3.00 bits per heavy atom. The zero-order valence-corrected chi connectivity index (χ0v) is 13.5. The first-order chi connectivity index (χ1) is 11.6. The average molecular weight is 343 g/mol. The standard InChI is InChI=1S/C15H13N5O3S/c1-23-15(22)10-3-5-24-14(10)20-4-2-11(13(20)21)19-12-8-17-9(6-16)7-18-12/h3,5,7-8,11H,2,4H2,1H3,(H,18,19)/t11-/m1/s1. The van der Waals surface area contributed by atoms with Crippen LogP contribution in [0.25, 0.3) is 0 Å². The van der Waals surface area contributed by atoms with Crippen molar-refractivity contribution in [3.8, 4) is 6.07 Å². The third kappa shape index (κ3) is 2.91. The van der Waals surface area contributed by atoms with E-state index in [9.17, 15) is 9.59 Å². The molecule has 1 atom stereocenters. The molecule has 0 aromatic carbocycles. The van der Waals surface area contributed by atoms with Gasteiger partial charge < -0.3 is 15.0 Å². The predicted octanol–water partition coefficient (Wildman–Crippen LogP) is 1.41. The van der Waals surface area contributed by atoms with E-state index in [2.05, 4.69) is 15.3 Å². The van der Waals surface area contributed by atoms with E-state index >= 15 is 0 Å². The van der Waals surface area contributed by atoms with Gasteiger partial charge in [-0.25, -0.2) is 14.8 Å². The number of methoxy groups -OCH3 is 1. The second kappa shape index (κ2) is 6.64. The Morgan fingerprint density at radius 2 is 2.33 bits per heavy atom. The number of anilines is 2. The van der Waals surface area contributed by atoms with E-state index in [4.69, 9.17) is 10.00 Å². The van der Waals surface area contributed by atoms with Gasteiger partial charge in [0.1, 0.15) is 22.9 Å². The van der Waals surface area contributed by atoms with Gasteiger partial charge in [-0.1, -0.05) is 0 Å². The first-order valence-corrected chi connectivity index (χ1v) is 7.98. The zero-order chi connectivity index (χ0) is 17.1. The number of ether oxygens (including phenoxy) is 1. The van der Waals surface area contributed by atoms with Crippen molar-refractivity contribution in [3.05, 3.63) is 35.1 Å². The Kier molecular flexibility index (Phi) is 4.39. The highest BCUT2D eigenvalue weighted by Gasteiger charge is 2.35. The number of carbonyl (C=O) groups excluding carboxylic acids is 2. The minimum Gasteiger partial charge on any atom is -0.465 e. The molecule has 0 unspecified atom stereocenters. The largest absolute Gasteiger partial charge is 0.465 e. The van der Waals surface area contributed by atoms with Gasteiger partial charge in [-0.3, -0.25) is 4.79 Å². The normalized spacial score (nSPS) is 16.8. The quantitative estimate of drug-likeness (QED) is 0.836. The summed E-state index contributed by atoms with van der Waals surface area (Å²) in [6.45, 7) is 0.491. The number of thiophene rings is 1. The lowest BCUT2D eigenvalue weighted by atomic mass is 10.2.